The first-order chi connectivity index (χ1) is 12.1. The quantitative estimate of drug-likeness (QED) is 0.493. The van der Waals surface area contributed by atoms with Crippen LogP contribution in [0.15, 0.2) is 72.8 Å². The summed E-state index contributed by atoms with van der Waals surface area (Å²) in [6.07, 6.45) is 0. The molecule has 0 radical (unpaired) electrons. The van der Waals surface area contributed by atoms with Crippen LogP contribution in [0.5, 0.6) is 11.5 Å². The Labute approximate surface area is 161 Å². The van der Waals surface area contributed by atoms with E-state index in [-0.39, 0.29) is 0 Å². The van der Waals surface area contributed by atoms with Crippen LogP contribution in [0.1, 0.15) is 0 Å². The summed E-state index contributed by atoms with van der Waals surface area (Å²) < 4.78 is 5.91. The molecule has 6 heteroatoms. The van der Waals surface area contributed by atoms with Crippen molar-refractivity contribution < 1.29 is 4.74 Å². The minimum atomic E-state index is 0.405. The highest BCUT2D eigenvalue weighted by Gasteiger charge is 2.07. The molecule has 0 spiro atoms. The van der Waals surface area contributed by atoms with E-state index in [1.807, 2.05) is 54.6 Å². The van der Waals surface area contributed by atoms with Gasteiger partial charge in [0.2, 0.25) is 0 Å². The molecule has 126 valence electrons. The van der Waals surface area contributed by atoms with Crippen molar-refractivity contribution in [2.45, 2.75) is 0 Å². The van der Waals surface area contributed by atoms with Gasteiger partial charge >= 0.3 is 0 Å². The summed E-state index contributed by atoms with van der Waals surface area (Å²) in [6, 6.07) is 22.3. The van der Waals surface area contributed by atoms with Gasteiger partial charge in [0.25, 0.3) is 0 Å². The Balaban J connectivity index is 1.73. The van der Waals surface area contributed by atoms with Crippen LogP contribution in [-0.4, -0.2) is 5.11 Å². The van der Waals surface area contributed by atoms with Gasteiger partial charge in [-0.05, 0) is 54.7 Å². The highest BCUT2D eigenvalue weighted by atomic mass is 35.5. The van der Waals surface area contributed by atoms with Crippen LogP contribution >= 0.6 is 35.4 Å². The second kappa shape index (κ2) is 8.21. The molecule has 25 heavy (non-hydrogen) atoms. The third kappa shape index (κ3) is 5.10. The summed E-state index contributed by atoms with van der Waals surface area (Å²) >= 11 is 17.4. The summed E-state index contributed by atoms with van der Waals surface area (Å²) in [7, 11) is 0. The third-order valence-corrected chi connectivity index (χ3v) is 3.87. The molecule has 0 aliphatic heterocycles. The number of hydrogen-bond acceptors (Lipinski definition) is 2. The first kappa shape index (κ1) is 17.5. The molecule has 3 aromatic carbocycles. The maximum absolute atomic E-state index is 6.00. The number of para-hydroxylation sites is 3. The molecule has 0 aromatic heterocycles. The van der Waals surface area contributed by atoms with E-state index in [1.165, 1.54) is 0 Å². The van der Waals surface area contributed by atoms with Crippen molar-refractivity contribution in [1.29, 1.82) is 0 Å². The van der Waals surface area contributed by atoms with Gasteiger partial charge in [-0.2, -0.15) is 0 Å². The number of thiocarbonyl (C=S) groups is 1. The zero-order chi connectivity index (χ0) is 17.6. The molecule has 0 fully saturated rings. The summed E-state index contributed by atoms with van der Waals surface area (Å²) in [6.45, 7) is 0. The number of rotatable bonds is 4. The summed E-state index contributed by atoms with van der Waals surface area (Å²) in [4.78, 5) is 0. The normalized spacial score (nSPS) is 10.2. The van der Waals surface area contributed by atoms with E-state index < -0.39 is 0 Å². The van der Waals surface area contributed by atoms with Crippen LogP contribution in [-0.2, 0) is 0 Å². The van der Waals surface area contributed by atoms with Gasteiger partial charge in [0, 0.05) is 15.7 Å². The van der Waals surface area contributed by atoms with Crippen LogP contribution in [0.2, 0.25) is 10.0 Å². The Bertz CT molecular complexity index is 867. The minimum Gasteiger partial charge on any atom is -0.455 e. The lowest BCUT2D eigenvalue weighted by Gasteiger charge is -2.15. The molecule has 2 N–H and O–H groups in total. The van der Waals surface area contributed by atoms with Crippen LogP contribution < -0.4 is 15.4 Å². The van der Waals surface area contributed by atoms with E-state index >= 15 is 0 Å². The van der Waals surface area contributed by atoms with Gasteiger partial charge in [0.1, 0.15) is 5.75 Å². The molecular formula is C19H14Cl2N2OS. The highest BCUT2D eigenvalue weighted by Crippen LogP contribution is 2.29. The fourth-order valence-electron chi connectivity index (χ4n) is 2.19. The van der Waals surface area contributed by atoms with Gasteiger partial charge in [-0.15, -0.1) is 0 Å². The van der Waals surface area contributed by atoms with E-state index in [0.717, 1.165) is 11.4 Å². The van der Waals surface area contributed by atoms with Crippen molar-refractivity contribution in [2.75, 3.05) is 10.6 Å². The summed E-state index contributed by atoms with van der Waals surface area (Å²) in [5, 5.41) is 7.66. The van der Waals surface area contributed by atoms with Crippen molar-refractivity contribution in [3.8, 4) is 11.5 Å². The standard InChI is InChI=1S/C19H14Cl2N2OS/c20-13-10-14(21)12-15(11-13)22-19(25)23-17-8-4-5-9-18(17)24-16-6-2-1-3-7-16/h1-12H,(H2,22,23,25). The van der Waals surface area contributed by atoms with Crippen molar-refractivity contribution in [2.24, 2.45) is 0 Å². The van der Waals surface area contributed by atoms with Crippen molar-refractivity contribution >= 4 is 51.9 Å². The first-order valence-electron chi connectivity index (χ1n) is 7.46. The van der Waals surface area contributed by atoms with Crippen molar-refractivity contribution in [3.05, 3.63) is 82.8 Å². The predicted molar refractivity (Wildman–Crippen MR) is 109 cm³/mol. The lowest BCUT2D eigenvalue weighted by molar-refractivity contribution is 0.485. The molecule has 0 aliphatic rings. The molecule has 3 aromatic rings. The minimum absolute atomic E-state index is 0.405. The zero-order valence-electron chi connectivity index (χ0n) is 13.0. The number of benzene rings is 3. The Hall–Kier alpha value is -2.27. The molecule has 3 nitrogen and oxygen atoms in total. The molecular weight excluding hydrogens is 375 g/mol. The van der Waals surface area contributed by atoms with E-state index in [1.54, 1.807) is 18.2 Å². The van der Waals surface area contributed by atoms with Crippen LogP contribution in [0, 0.1) is 0 Å². The zero-order valence-corrected chi connectivity index (χ0v) is 15.3. The highest BCUT2D eigenvalue weighted by molar-refractivity contribution is 7.80. The molecule has 0 saturated heterocycles. The lowest BCUT2D eigenvalue weighted by atomic mass is 10.3. The number of anilines is 2. The average Bonchev–Trinajstić information content (AvgIpc) is 2.56. The molecule has 0 unspecified atom stereocenters. The smallest absolute Gasteiger partial charge is 0.175 e. The van der Waals surface area contributed by atoms with E-state index in [9.17, 15) is 0 Å². The van der Waals surface area contributed by atoms with Gasteiger partial charge in [-0.25, -0.2) is 0 Å². The SMILES string of the molecule is S=C(Nc1cc(Cl)cc(Cl)c1)Nc1ccccc1Oc1ccccc1. The predicted octanol–water partition coefficient (Wildman–Crippen LogP) is 6.59. The maximum Gasteiger partial charge on any atom is 0.175 e. The fourth-order valence-corrected chi connectivity index (χ4v) is 2.94. The molecule has 3 rings (SSSR count). The monoisotopic (exact) mass is 388 g/mol. The van der Waals surface area contributed by atoms with Gasteiger partial charge in [0.05, 0.1) is 5.69 Å². The van der Waals surface area contributed by atoms with Gasteiger partial charge in [0.15, 0.2) is 10.9 Å². The molecule has 0 atom stereocenters. The van der Waals surface area contributed by atoms with Gasteiger partial charge < -0.3 is 15.4 Å². The first-order valence-corrected chi connectivity index (χ1v) is 8.62. The van der Waals surface area contributed by atoms with E-state index in [0.29, 0.717) is 26.6 Å². The molecule has 0 saturated carbocycles. The second-order valence-electron chi connectivity index (χ2n) is 5.15. The number of hydrogen-bond donors (Lipinski definition) is 2. The van der Waals surface area contributed by atoms with Gasteiger partial charge in [-0.3, -0.25) is 0 Å². The molecule has 0 heterocycles. The van der Waals surface area contributed by atoms with Crippen LogP contribution in [0.4, 0.5) is 11.4 Å². The Morgan fingerprint density at radius 2 is 1.44 bits per heavy atom. The van der Waals surface area contributed by atoms with Crippen molar-refractivity contribution in [1.82, 2.24) is 0 Å². The maximum atomic E-state index is 6.00. The van der Waals surface area contributed by atoms with E-state index in [2.05, 4.69) is 10.6 Å². The number of ether oxygens (including phenoxy) is 1. The molecule has 0 aliphatic carbocycles. The van der Waals surface area contributed by atoms with Crippen molar-refractivity contribution in [3.63, 3.8) is 0 Å². The fraction of sp³-hybridized carbons (Fsp3) is 0. The van der Waals surface area contributed by atoms with Crippen LogP contribution in [0.3, 0.4) is 0 Å². The Morgan fingerprint density at radius 1 is 0.800 bits per heavy atom. The summed E-state index contributed by atoms with van der Waals surface area (Å²) in [5.41, 5.74) is 1.45. The van der Waals surface area contributed by atoms with E-state index in [4.69, 9.17) is 40.2 Å². The Kier molecular flexibility index (Phi) is 5.76. The topological polar surface area (TPSA) is 33.3 Å². The lowest BCUT2D eigenvalue weighted by Crippen LogP contribution is -2.19. The number of nitrogens with one attached hydrogen (secondary N) is 2. The summed E-state index contributed by atoms with van der Waals surface area (Å²) in [5.74, 6) is 1.42. The number of halogens is 2. The van der Waals surface area contributed by atoms with Crippen LogP contribution in [0.25, 0.3) is 0 Å². The largest absolute Gasteiger partial charge is 0.455 e. The van der Waals surface area contributed by atoms with Gasteiger partial charge in [-0.1, -0.05) is 53.5 Å². The average molecular weight is 389 g/mol. The Morgan fingerprint density at radius 3 is 2.16 bits per heavy atom. The molecule has 0 amide bonds. The second-order valence-corrected chi connectivity index (χ2v) is 6.43. The third-order valence-electron chi connectivity index (χ3n) is 3.23. The molecule has 0 bridgehead atoms.